The summed E-state index contributed by atoms with van der Waals surface area (Å²) in [6.07, 6.45) is 1.15. The standard InChI is InChI=1S/C19H17ClN4O2S/c20-13-3-1-12(2-4-13)18-15-5-7-23(10-16(15)22-26-18)17(25)9-14-11-27-19-21-6-8-24(14)19/h1-4,11H,5-10H2. The van der Waals surface area contributed by atoms with Crippen LogP contribution >= 0.6 is 23.4 Å². The molecular weight excluding hydrogens is 384 g/mol. The minimum absolute atomic E-state index is 0.122. The van der Waals surface area contributed by atoms with Crippen LogP contribution in [0.3, 0.4) is 0 Å². The van der Waals surface area contributed by atoms with E-state index < -0.39 is 0 Å². The van der Waals surface area contributed by atoms with Crippen molar-refractivity contribution in [1.29, 1.82) is 0 Å². The second-order valence-electron chi connectivity index (χ2n) is 6.73. The second-order valence-corrected chi connectivity index (χ2v) is 8.00. The van der Waals surface area contributed by atoms with Gasteiger partial charge in [-0.25, -0.2) is 0 Å². The normalized spacial score (nSPS) is 18.3. The number of aliphatic imine (C=N–C) groups is 1. The number of nitrogens with zero attached hydrogens (tertiary/aromatic N) is 4. The molecule has 27 heavy (non-hydrogen) atoms. The van der Waals surface area contributed by atoms with Gasteiger partial charge in [-0.1, -0.05) is 28.5 Å². The van der Waals surface area contributed by atoms with Crippen LogP contribution in [0.4, 0.5) is 0 Å². The first-order chi connectivity index (χ1) is 13.2. The summed E-state index contributed by atoms with van der Waals surface area (Å²) in [4.78, 5) is 21.2. The molecule has 3 aliphatic heterocycles. The zero-order valence-corrected chi connectivity index (χ0v) is 16.1. The van der Waals surface area contributed by atoms with Gasteiger partial charge in [0.1, 0.15) is 5.69 Å². The highest BCUT2D eigenvalue weighted by Gasteiger charge is 2.31. The molecule has 8 heteroatoms. The number of rotatable bonds is 3. The van der Waals surface area contributed by atoms with E-state index in [4.69, 9.17) is 16.1 Å². The molecule has 0 fully saturated rings. The molecule has 4 heterocycles. The third-order valence-electron chi connectivity index (χ3n) is 5.08. The Bertz CT molecular complexity index is 967. The SMILES string of the molecule is O=C(CC1=CSC2=NCCN12)N1CCc2c(noc2-c2ccc(Cl)cc2)C1. The van der Waals surface area contributed by atoms with E-state index in [0.29, 0.717) is 24.5 Å². The van der Waals surface area contributed by atoms with Gasteiger partial charge in [-0.15, -0.1) is 0 Å². The lowest BCUT2D eigenvalue weighted by Gasteiger charge is -2.27. The average molecular weight is 401 g/mol. The van der Waals surface area contributed by atoms with Crippen LogP contribution in [0.2, 0.25) is 5.02 Å². The summed E-state index contributed by atoms with van der Waals surface area (Å²) in [5.74, 6) is 0.901. The van der Waals surface area contributed by atoms with Crippen LogP contribution in [0.25, 0.3) is 11.3 Å². The van der Waals surface area contributed by atoms with Gasteiger partial charge >= 0.3 is 0 Å². The quantitative estimate of drug-likeness (QED) is 0.788. The molecule has 138 valence electrons. The number of fused-ring (bicyclic) bond motifs is 2. The number of amidine groups is 1. The molecule has 0 saturated heterocycles. The molecule has 0 aliphatic carbocycles. The number of aromatic nitrogens is 1. The Morgan fingerprint density at radius 1 is 1.26 bits per heavy atom. The van der Waals surface area contributed by atoms with Crippen LogP contribution in [0.5, 0.6) is 0 Å². The number of carbonyl (C=O) groups excluding carboxylic acids is 1. The molecule has 1 aromatic carbocycles. The van der Waals surface area contributed by atoms with Crippen molar-refractivity contribution in [2.24, 2.45) is 4.99 Å². The molecule has 0 N–H and O–H groups in total. The van der Waals surface area contributed by atoms with E-state index in [1.54, 1.807) is 11.8 Å². The van der Waals surface area contributed by atoms with Gasteiger partial charge in [0.25, 0.3) is 0 Å². The van der Waals surface area contributed by atoms with Crippen molar-refractivity contribution < 1.29 is 9.32 Å². The molecular formula is C19H17ClN4O2S. The lowest BCUT2D eigenvalue weighted by molar-refractivity contribution is -0.131. The Morgan fingerprint density at radius 2 is 2.11 bits per heavy atom. The van der Waals surface area contributed by atoms with E-state index >= 15 is 0 Å². The number of carbonyl (C=O) groups is 1. The van der Waals surface area contributed by atoms with Crippen molar-refractivity contribution in [1.82, 2.24) is 15.0 Å². The summed E-state index contributed by atoms with van der Waals surface area (Å²) in [5.41, 5.74) is 3.94. The Labute approximate surface area is 165 Å². The van der Waals surface area contributed by atoms with Crippen molar-refractivity contribution in [2.45, 2.75) is 19.4 Å². The molecule has 2 aromatic rings. The van der Waals surface area contributed by atoms with Crippen molar-refractivity contribution in [2.75, 3.05) is 19.6 Å². The highest BCUT2D eigenvalue weighted by atomic mass is 35.5. The van der Waals surface area contributed by atoms with Crippen molar-refractivity contribution in [3.8, 4) is 11.3 Å². The molecule has 0 atom stereocenters. The third kappa shape index (κ3) is 3.04. The van der Waals surface area contributed by atoms with E-state index in [1.807, 2.05) is 34.6 Å². The van der Waals surface area contributed by atoms with E-state index in [-0.39, 0.29) is 5.91 Å². The topological polar surface area (TPSA) is 61.9 Å². The maximum atomic E-state index is 12.8. The fraction of sp³-hybridized carbons (Fsp3) is 0.316. The van der Waals surface area contributed by atoms with Crippen LogP contribution in [-0.2, 0) is 17.8 Å². The lowest BCUT2D eigenvalue weighted by Crippen LogP contribution is -2.37. The summed E-state index contributed by atoms with van der Waals surface area (Å²) in [5, 5.41) is 7.97. The Balaban J connectivity index is 1.30. The van der Waals surface area contributed by atoms with Gasteiger partial charge in [-0.2, -0.15) is 0 Å². The average Bonchev–Trinajstić information content (AvgIpc) is 3.39. The maximum Gasteiger partial charge on any atom is 0.228 e. The van der Waals surface area contributed by atoms with Crippen molar-refractivity contribution in [3.05, 3.63) is 51.7 Å². The number of halogens is 1. The van der Waals surface area contributed by atoms with Gasteiger partial charge in [0.15, 0.2) is 10.9 Å². The van der Waals surface area contributed by atoms with Crippen LogP contribution in [0, 0.1) is 0 Å². The number of hydrogen-bond donors (Lipinski definition) is 0. The Morgan fingerprint density at radius 3 is 2.96 bits per heavy atom. The molecule has 1 amide bonds. The predicted molar refractivity (Wildman–Crippen MR) is 105 cm³/mol. The van der Waals surface area contributed by atoms with Crippen LogP contribution < -0.4 is 0 Å². The summed E-state index contributed by atoms with van der Waals surface area (Å²) in [6, 6.07) is 7.54. The zero-order chi connectivity index (χ0) is 18.4. The van der Waals surface area contributed by atoms with Crippen molar-refractivity contribution in [3.63, 3.8) is 0 Å². The summed E-state index contributed by atoms with van der Waals surface area (Å²) in [6.45, 7) is 2.86. The van der Waals surface area contributed by atoms with Gasteiger partial charge in [0.2, 0.25) is 5.91 Å². The second kappa shape index (κ2) is 6.73. The molecule has 0 radical (unpaired) electrons. The summed E-state index contributed by atoms with van der Waals surface area (Å²) in [7, 11) is 0. The fourth-order valence-corrected chi connectivity index (χ4v) is 4.73. The molecule has 0 unspecified atom stereocenters. The maximum absolute atomic E-state index is 12.8. The molecule has 5 rings (SSSR count). The van der Waals surface area contributed by atoms with E-state index in [2.05, 4.69) is 15.0 Å². The van der Waals surface area contributed by atoms with Gasteiger partial charge in [0, 0.05) is 34.9 Å². The third-order valence-corrected chi connectivity index (χ3v) is 6.28. The largest absolute Gasteiger partial charge is 0.356 e. The van der Waals surface area contributed by atoms with E-state index in [9.17, 15) is 4.79 Å². The summed E-state index contributed by atoms with van der Waals surface area (Å²) >= 11 is 7.57. The Hall–Kier alpha value is -2.25. The van der Waals surface area contributed by atoms with Crippen LogP contribution in [-0.4, -0.2) is 45.7 Å². The molecule has 0 saturated carbocycles. The number of thioether (sulfide) groups is 1. The predicted octanol–water partition coefficient (Wildman–Crippen LogP) is 3.53. The molecule has 6 nitrogen and oxygen atoms in total. The minimum atomic E-state index is 0.122. The molecule has 0 bridgehead atoms. The van der Waals surface area contributed by atoms with Gasteiger partial charge in [-0.05, 0) is 36.1 Å². The number of benzene rings is 1. The molecule has 0 spiro atoms. The molecule has 1 aromatic heterocycles. The van der Waals surface area contributed by atoms with Crippen LogP contribution in [0.15, 0.2) is 44.9 Å². The lowest BCUT2D eigenvalue weighted by atomic mass is 10.0. The fourth-order valence-electron chi connectivity index (χ4n) is 3.65. The smallest absolute Gasteiger partial charge is 0.228 e. The highest BCUT2D eigenvalue weighted by molar-refractivity contribution is 8.16. The first-order valence-corrected chi connectivity index (χ1v) is 10.1. The Kier molecular flexibility index (Phi) is 4.21. The van der Waals surface area contributed by atoms with E-state index in [1.165, 1.54) is 0 Å². The number of amides is 1. The highest BCUT2D eigenvalue weighted by Crippen LogP contribution is 2.33. The van der Waals surface area contributed by atoms with Gasteiger partial charge < -0.3 is 14.3 Å². The van der Waals surface area contributed by atoms with Crippen molar-refractivity contribution >= 4 is 34.4 Å². The van der Waals surface area contributed by atoms with Gasteiger partial charge in [0.05, 0.1) is 19.5 Å². The van der Waals surface area contributed by atoms with E-state index in [0.717, 1.165) is 53.0 Å². The first-order valence-electron chi connectivity index (χ1n) is 8.88. The van der Waals surface area contributed by atoms with Gasteiger partial charge in [-0.3, -0.25) is 9.79 Å². The monoisotopic (exact) mass is 400 g/mol. The minimum Gasteiger partial charge on any atom is -0.356 e. The zero-order valence-electron chi connectivity index (χ0n) is 14.5. The number of hydrogen-bond acceptors (Lipinski definition) is 6. The first kappa shape index (κ1) is 16.9. The summed E-state index contributed by atoms with van der Waals surface area (Å²) < 4.78 is 5.59. The molecule has 3 aliphatic rings. The van der Waals surface area contributed by atoms with Crippen LogP contribution in [0.1, 0.15) is 17.7 Å².